The molecule has 6 heteroatoms. The lowest BCUT2D eigenvalue weighted by Crippen LogP contribution is -2.36. The molecule has 100 valence electrons. The molecule has 0 spiro atoms. The van der Waals surface area contributed by atoms with Crippen molar-refractivity contribution in [3.05, 3.63) is 5.28 Å². The van der Waals surface area contributed by atoms with E-state index in [2.05, 4.69) is 33.7 Å². The second-order valence-corrected chi connectivity index (χ2v) is 5.33. The molecule has 18 heavy (non-hydrogen) atoms. The fourth-order valence-corrected chi connectivity index (χ4v) is 2.63. The maximum Gasteiger partial charge on any atom is 0.231 e. The minimum Gasteiger partial charge on any atom is -0.347 e. The number of rotatable bonds is 3. The van der Waals surface area contributed by atoms with Crippen LogP contribution in [-0.2, 0) is 0 Å². The van der Waals surface area contributed by atoms with Crippen molar-refractivity contribution in [2.45, 2.75) is 45.2 Å². The van der Waals surface area contributed by atoms with E-state index in [9.17, 15) is 0 Å². The van der Waals surface area contributed by atoms with Crippen molar-refractivity contribution in [3.63, 3.8) is 0 Å². The van der Waals surface area contributed by atoms with E-state index < -0.39 is 0 Å². The van der Waals surface area contributed by atoms with Gasteiger partial charge in [-0.3, -0.25) is 0 Å². The lowest BCUT2D eigenvalue weighted by molar-refractivity contribution is 0.611. The molecule has 0 amide bonds. The molecule has 5 nitrogen and oxygen atoms in total. The number of hydrogen-bond acceptors (Lipinski definition) is 5. The molecule has 0 radical (unpaired) electrons. The molecule has 1 fully saturated rings. The van der Waals surface area contributed by atoms with E-state index >= 15 is 0 Å². The molecule has 1 aliphatic heterocycles. The molecule has 2 rings (SSSR count). The van der Waals surface area contributed by atoms with Crippen LogP contribution < -0.4 is 9.80 Å². The Bertz CT molecular complexity index is 423. The average molecular weight is 270 g/mol. The Labute approximate surface area is 113 Å². The van der Waals surface area contributed by atoms with Gasteiger partial charge in [0.2, 0.25) is 17.2 Å². The third-order valence-corrected chi connectivity index (χ3v) is 3.64. The van der Waals surface area contributed by atoms with E-state index in [1.807, 2.05) is 19.0 Å². The van der Waals surface area contributed by atoms with Crippen LogP contribution in [-0.4, -0.2) is 41.1 Å². The molecular formula is C12H20ClN5. The molecule has 2 atom stereocenters. The first-order valence-electron chi connectivity index (χ1n) is 6.40. The maximum atomic E-state index is 6.00. The lowest BCUT2D eigenvalue weighted by atomic mass is 10.2. The summed E-state index contributed by atoms with van der Waals surface area (Å²) in [6.45, 7) is 4.41. The van der Waals surface area contributed by atoms with E-state index in [0.717, 1.165) is 6.42 Å². The Morgan fingerprint density at radius 1 is 1.28 bits per heavy atom. The second kappa shape index (κ2) is 5.26. The topological polar surface area (TPSA) is 45.2 Å². The van der Waals surface area contributed by atoms with Crippen molar-refractivity contribution in [2.75, 3.05) is 23.9 Å². The Kier molecular flexibility index (Phi) is 3.90. The zero-order chi connectivity index (χ0) is 13.3. The Hall–Kier alpha value is -1.10. The van der Waals surface area contributed by atoms with Gasteiger partial charge in [0.15, 0.2) is 0 Å². The largest absolute Gasteiger partial charge is 0.347 e. The van der Waals surface area contributed by atoms with Gasteiger partial charge in [0.1, 0.15) is 0 Å². The van der Waals surface area contributed by atoms with Crippen LogP contribution in [0.4, 0.5) is 11.9 Å². The highest BCUT2D eigenvalue weighted by Gasteiger charge is 2.31. The summed E-state index contributed by atoms with van der Waals surface area (Å²) >= 11 is 6.00. The standard InChI is InChI=1S/C12H20ClN5/c1-5-9-7-6-8(2)18(9)12-15-10(13)14-11(16-12)17(3)4/h8-9H,5-7H2,1-4H3. The van der Waals surface area contributed by atoms with Gasteiger partial charge in [0, 0.05) is 26.2 Å². The molecule has 1 aromatic heterocycles. The number of nitrogens with zero attached hydrogens (tertiary/aromatic N) is 5. The first kappa shape index (κ1) is 13.3. The fraction of sp³-hybridized carbons (Fsp3) is 0.750. The molecule has 1 aromatic rings. The molecule has 1 saturated heterocycles. The minimum absolute atomic E-state index is 0.262. The Balaban J connectivity index is 2.37. The number of anilines is 2. The van der Waals surface area contributed by atoms with Crippen LogP contribution in [0.25, 0.3) is 0 Å². The second-order valence-electron chi connectivity index (χ2n) is 4.99. The summed E-state index contributed by atoms with van der Waals surface area (Å²) in [6.07, 6.45) is 3.47. The summed E-state index contributed by atoms with van der Waals surface area (Å²) in [5, 5.41) is 0.262. The summed E-state index contributed by atoms with van der Waals surface area (Å²) in [6, 6.07) is 0.969. The van der Waals surface area contributed by atoms with Gasteiger partial charge in [-0.2, -0.15) is 15.0 Å². The molecule has 0 N–H and O–H groups in total. The molecule has 2 heterocycles. The molecule has 0 aromatic carbocycles. The van der Waals surface area contributed by atoms with Gasteiger partial charge >= 0.3 is 0 Å². The highest BCUT2D eigenvalue weighted by Crippen LogP contribution is 2.30. The van der Waals surface area contributed by atoms with E-state index in [4.69, 9.17) is 11.6 Å². The maximum absolute atomic E-state index is 6.00. The van der Waals surface area contributed by atoms with Gasteiger partial charge < -0.3 is 9.80 Å². The SMILES string of the molecule is CCC1CCC(C)N1c1nc(Cl)nc(N(C)C)n1. The summed E-state index contributed by atoms with van der Waals surface area (Å²) in [4.78, 5) is 17.0. The van der Waals surface area contributed by atoms with Crippen molar-refractivity contribution in [3.8, 4) is 0 Å². The Morgan fingerprint density at radius 3 is 2.61 bits per heavy atom. The van der Waals surface area contributed by atoms with Gasteiger partial charge in [-0.05, 0) is 37.8 Å². The van der Waals surface area contributed by atoms with Crippen molar-refractivity contribution in [2.24, 2.45) is 0 Å². The van der Waals surface area contributed by atoms with Crippen LogP contribution in [0.1, 0.15) is 33.1 Å². The van der Waals surface area contributed by atoms with Crippen LogP contribution >= 0.6 is 11.6 Å². The predicted molar refractivity (Wildman–Crippen MR) is 74.4 cm³/mol. The van der Waals surface area contributed by atoms with E-state index in [1.54, 1.807) is 0 Å². The van der Waals surface area contributed by atoms with Crippen LogP contribution in [0.15, 0.2) is 0 Å². The van der Waals surface area contributed by atoms with Crippen LogP contribution in [0.3, 0.4) is 0 Å². The molecule has 2 unspecified atom stereocenters. The Morgan fingerprint density at radius 2 is 2.00 bits per heavy atom. The van der Waals surface area contributed by atoms with Gasteiger partial charge in [0.25, 0.3) is 0 Å². The fourth-order valence-electron chi connectivity index (χ4n) is 2.48. The van der Waals surface area contributed by atoms with E-state index in [0.29, 0.717) is 24.0 Å². The first-order valence-corrected chi connectivity index (χ1v) is 6.78. The molecule has 0 bridgehead atoms. The lowest BCUT2D eigenvalue weighted by Gasteiger charge is -2.28. The monoisotopic (exact) mass is 269 g/mol. The summed E-state index contributed by atoms with van der Waals surface area (Å²) in [5.74, 6) is 1.31. The van der Waals surface area contributed by atoms with E-state index in [1.165, 1.54) is 12.8 Å². The zero-order valence-electron chi connectivity index (χ0n) is 11.4. The summed E-state index contributed by atoms with van der Waals surface area (Å²) < 4.78 is 0. The smallest absolute Gasteiger partial charge is 0.231 e. The van der Waals surface area contributed by atoms with Crippen molar-refractivity contribution < 1.29 is 0 Å². The summed E-state index contributed by atoms with van der Waals surface area (Å²) in [5.41, 5.74) is 0. The molecule has 0 saturated carbocycles. The van der Waals surface area contributed by atoms with Crippen molar-refractivity contribution in [1.29, 1.82) is 0 Å². The third-order valence-electron chi connectivity index (χ3n) is 3.47. The van der Waals surface area contributed by atoms with Gasteiger partial charge in [-0.15, -0.1) is 0 Å². The van der Waals surface area contributed by atoms with Crippen LogP contribution in [0, 0.1) is 0 Å². The van der Waals surface area contributed by atoms with E-state index in [-0.39, 0.29) is 5.28 Å². The first-order chi connectivity index (χ1) is 8.52. The van der Waals surface area contributed by atoms with Crippen molar-refractivity contribution in [1.82, 2.24) is 15.0 Å². The average Bonchev–Trinajstić information content (AvgIpc) is 2.69. The van der Waals surface area contributed by atoms with Crippen LogP contribution in [0.2, 0.25) is 5.28 Å². The highest BCUT2D eigenvalue weighted by atomic mass is 35.5. The quantitative estimate of drug-likeness (QED) is 0.843. The number of aromatic nitrogens is 3. The van der Waals surface area contributed by atoms with Gasteiger partial charge in [0.05, 0.1) is 0 Å². The number of halogens is 1. The molecule has 0 aliphatic carbocycles. The van der Waals surface area contributed by atoms with Crippen molar-refractivity contribution >= 4 is 23.5 Å². The number of hydrogen-bond donors (Lipinski definition) is 0. The van der Waals surface area contributed by atoms with Gasteiger partial charge in [-0.25, -0.2) is 0 Å². The zero-order valence-corrected chi connectivity index (χ0v) is 12.1. The predicted octanol–water partition coefficient (Wildman–Crippen LogP) is 2.36. The minimum atomic E-state index is 0.262. The summed E-state index contributed by atoms with van der Waals surface area (Å²) in [7, 11) is 3.81. The molecular weight excluding hydrogens is 250 g/mol. The molecule has 1 aliphatic rings. The third kappa shape index (κ3) is 2.51. The van der Waals surface area contributed by atoms with Crippen LogP contribution in [0.5, 0.6) is 0 Å². The normalized spacial score (nSPS) is 23.5. The van der Waals surface area contributed by atoms with Gasteiger partial charge in [-0.1, -0.05) is 6.92 Å². The highest BCUT2D eigenvalue weighted by molar-refractivity contribution is 6.28.